The Bertz CT molecular complexity index is 1040. The second kappa shape index (κ2) is 75.4. The predicted octanol–water partition coefficient (Wildman–Crippen LogP) is 13.8. The summed E-state index contributed by atoms with van der Waals surface area (Å²) in [5, 5.41) is 0. The molecule has 0 aromatic heterocycles. The molecule has 476 valence electrons. The van der Waals surface area contributed by atoms with Gasteiger partial charge in [0.15, 0.2) is 0 Å². The fraction of sp³-hybridized carbons (Fsp3) is 1.00. The Balaban J connectivity index is 3.80. The first kappa shape index (κ1) is 78.4. The van der Waals surface area contributed by atoms with E-state index in [4.69, 9.17) is 71.1 Å². The van der Waals surface area contributed by atoms with Crippen molar-refractivity contribution >= 4 is 0 Å². The minimum atomic E-state index is -0.0431. The van der Waals surface area contributed by atoms with Crippen LogP contribution in [0, 0.1) is 0 Å². The monoisotopic (exact) mass is 1140 g/mol. The van der Waals surface area contributed by atoms with Gasteiger partial charge < -0.3 is 71.1 Å². The van der Waals surface area contributed by atoms with Gasteiger partial charge in [-0.15, -0.1) is 0 Å². The quantitative estimate of drug-likeness (QED) is 0.0534. The van der Waals surface area contributed by atoms with Crippen LogP contribution in [-0.2, 0) is 71.1 Å². The van der Waals surface area contributed by atoms with E-state index in [0.29, 0.717) is 172 Å². The van der Waals surface area contributed by atoms with Gasteiger partial charge in [0.2, 0.25) is 0 Å². The van der Waals surface area contributed by atoms with E-state index in [2.05, 4.69) is 13.8 Å². The first-order valence-electron chi connectivity index (χ1n) is 33.0. The van der Waals surface area contributed by atoms with Crippen molar-refractivity contribution in [2.45, 2.75) is 225 Å². The number of methoxy groups -OCH3 is 1. The Hall–Kier alpha value is -0.600. The second-order valence-electron chi connectivity index (χ2n) is 21.0. The van der Waals surface area contributed by atoms with Crippen LogP contribution in [0.3, 0.4) is 0 Å². The number of rotatable bonds is 75. The standard InChI is InChI=1S/C64H130O15/c1-4-6-8-10-12-14-16-18-20-22-24-26-28-30-32-34-36-77-62-64(79-37-35-33-31-29-27-25-23-21-19-17-15-13-11-9-7-5-2)63-78-61-60-76-59-58-75-57-56-74-55-54-73-53-52-72-51-50-71-49-48-70-47-46-69-45-44-68-43-42-67-41-40-66-39-38-65-3/h64H,4-63H2,1-3H3/t64-/m1/s1. The molecule has 0 aliphatic rings. The molecule has 0 unspecified atom stereocenters. The molecule has 0 saturated heterocycles. The lowest BCUT2D eigenvalue weighted by molar-refractivity contribution is -0.0702. The number of hydrogen-bond donors (Lipinski definition) is 0. The highest BCUT2D eigenvalue weighted by atomic mass is 16.6. The third-order valence-electron chi connectivity index (χ3n) is 13.6. The zero-order chi connectivity index (χ0) is 56.6. The summed E-state index contributed by atoms with van der Waals surface area (Å²) in [7, 11) is 1.65. The maximum atomic E-state index is 6.32. The summed E-state index contributed by atoms with van der Waals surface area (Å²) >= 11 is 0. The lowest BCUT2D eigenvalue weighted by atomic mass is 10.0. The lowest BCUT2D eigenvalue weighted by Gasteiger charge is -2.18. The molecule has 0 fully saturated rings. The fourth-order valence-corrected chi connectivity index (χ4v) is 8.79. The van der Waals surface area contributed by atoms with E-state index in [1.165, 1.54) is 193 Å². The molecule has 0 bridgehead atoms. The Labute approximate surface area is 486 Å². The van der Waals surface area contributed by atoms with Gasteiger partial charge >= 0.3 is 0 Å². The Morgan fingerprint density at radius 2 is 0.354 bits per heavy atom. The second-order valence-corrected chi connectivity index (χ2v) is 21.0. The topological polar surface area (TPSA) is 138 Å². The largest absolute Gasteiger partial charge is 0.382 e. The maximum absolute atomic E-state index is 6.32. The van der Waals surface area contributed by atoms with Gasteiger partial charge in [-0.3, -0.25) is 0 Å². The zero-order valence-corrected chi connectivity index (χ0v) is 52.1. The molecule has 0 heterocycles. The van der Waals surface area contributed by atoms with Crippen LogP contribution in [0.4, 0.5) is 0 Å². The van der Waals surface area contributed by atoms with Crippen molar-refractivity contribution in [3.05, 3.63) is 0 Å². The van der Waals surface area contributed by atoms with Gasteiger partial charge in [-0.05, 0) is 12.8 Å². The minimum absolute atomic E-state index is 0.0431. The van der Waals surface area contributed by atoms with Crippen LogP contribution < -0.4 is 0 Å². The normalized spacial score (nSPS) is 12.2. The molecule has 0 aliphatic heterocycles. The highest BCUT2D eigenvalue weighted by Crippen LogP contribution is 2.16. The average Bonchev–Trinajstić information content (AvgIpc) is 3.46. The van der Waals surface area contributed by atoms with Crippen LogP contribution in [0.15, 0.2) is 0 Å². The van der Waals surface area contributed by atoms with Gasteiger partial charge in [0.05, 0.1) is 172 Å². The Morgan fingerprint density at radius 3 is 0.582 bits per heavy atom. The van der Waals surface area contributed by atoms with E-state index in [1.54, 1.807) is 7.11 Å². The van der Waals surface area contributed by atoms with Gasteiger partial charge in [0, 0.05) is 20.3 Å². The van der Waals surface area contributed by atoms with Crippen molar-refractivity contribution in [3.63, 3.8) is 0 Å². The maximum Gasteiger partial charge on any atom is 0.104 e. The van der Waals surface area contributed by atoms with Crippen molar-refractivity contribution in [3.8, 4) is 0 Å². The molecule has 0 amide bonds. The summed E-state index contributed by atoms with van der Waals surface area (Å²) in [5.74, 6) is 0. The SMILES string of the molecule is CCCCCCCCCCCCCCCCCCOC[C@H](COCCOCCOCCOCCOCCOCCOCCOCCOCCOCCOCCOCCOC)OCCCCCCCCCCCCCCCCCC. The molecule has 0 spiro atoms. The van der Waals surface area contributed by atoms with Gasteiger partial charge in [0.1, 0.15) is 6.10 Å². The molecule has 15 heteroatoms. The van der Waals surface area contributed by atoms with Crippen LogP contribution in [0.1, 0.15) is 219 Å². The lowest BCUT2D eigenvalue weighted by Crippen LogP contribution is -2.27. The molecule has 0 aromatic carbocycles. The smallest absolute Gasteiger partial charge is 0.104 e. The van der Waals surface area contributed by atoms with E-state index < -0.39 is 0 Å². The minimum Gasteiger partial charge on any atom is -0.382 e. The van der Waals surface area contributed by atoms with Crippen molar-refractivity contribution in [2.24, 2.45) is 0 Å². The van der Waals surface area contributed by atoms with Crippen LogP contribution in [0.5, 0.6) is 0 Å². The fourth-order valence-electron chi connectivity index (χ4n) is 8.79. The van der Waals surface area contributed by atoms with Crippen LogP contribution >= 0.6 is 0 Å². The summed E-state index contributed by atoms with van der Waals surface area (Å²) < 4.78 is 84.4. The van der Waals surface area contributed by atoms with E-state index >= 15 is 0 Å². The van der Waals surface area contributed by atoms with Crippen molar-refractivity contribution in [1.29, 1.82) is 0 Å². The van der Waals surface area contributed by atoms with Gasteiger partial charge in [-0.2, -0.15) is 0 Å². The summed E-state index contributed by atoms with van der Waals surface area (Å²) in [4.78, 5) is 0. The summed E-state index contributed by atoms with van der Waals surface area (Å²) in [5.41, 5.74) is 0. The van der Waals surface area contributed by atoms with Gasteiger partial charge in [-0.1, -0.05) is 206 Å². The molecule has 0 aromatic rings. The average molecular weight is 1140 g/mol. The molecule has 0 N–H and O–H groups in total. The molecule has 79 heavy (non-hydrogen) atoms. The Kier molecular flexibility index (Phi) is 74.8. The van der Waals surface area contributed by atoms with Crippen molar-refractivity contribution in [1.82, 2.24) is 0 Å². The zero-order valence-electron chi connectivity index (χ0n) is 52.1. The summed E-state index contributed by atoms with van der Waals surface area (Å²) in [6.07, 6.45) is 43.9. The van der Waals surface area contributed by atoms with Gasteiger partial charge in [0.25, 0.3) is 0 Å². The molecule has 15 nitrogen and oxygen atoms in total. The van der Waals surface area contributed by atoms with Gasteiger partial charge in [-0.25, -0.2) is 0 Å². The highest BCUT2D eigenvalue weighted by molar-refractivity contribution is 4.58. The van der Waals surface area contributed by atoms with E-state index in [1.807, 2.05) is 0 Å². The number of unbranched alkanes of at least 4 members (excludes halogenated alkanes) is 30. The Morgan fingerprint density at radius 1 is 0.177 bits per heavy atom. The van der Waals surface area contributed by atoms with E-state index in [9.17, 15) is 0 Å². The number of ether oxygens (including phenoxy) is 15. The highest BCUT2D eigenvalue weighted by Gasteiger charge is 2.11. The van der Waals surface area contributed by atoms with E-state index in [-0.39, 0.29) is 6.10 Å². The summed E-state index contributed by atoms with van der Waals surface area (Å²) in [6, 6.07) is 0. The third-order valence-corrected chi connectivity index (χ3v) is 13.6. The molecule has 0 radical (unpaired) electrons. The van der Waals surface area contributed by atoms with Crippen LogP contribution in [0.25, 0.3) is 0 Å². The van der Waals surface area contributed by atoms with E-state index in [0.717, 1.165) is 26.1 Å². The molecular weight excluding hydrogens is 1010 g/mol. The summed E-state index contributed by atoms with van der Waals surface area (Å²) in [6.45, 7) is 19.9. The molecule has 0 rings (SSSR count). The number of hydrogen-bond acceptors (Lipinski definition) is 15. The molecule has 1 atom stereocenters. The third kappa shape index (κ3) is 73.5. The predicted molar refractivity (Wildman–Crippen MR) is 321 cm³/mol. The molecule has 0 aliphatic carbocycles. The van der Waals surface area contributed by atoms with Crippen molar-refractivity contribution in [2.75, 3.05) is 192 Å². The first-order chi connectivity index (χ1) is 39.3. The van der Waals surface area contributed by atoms with Crippen LogP contribution in [0.2, 0.25) is 0 Å². The van der Waals surface area contributed by atoms with Crippen molar-refractivity contribution < 1.29 is 71.1 Å². The molecular formula is C64H130O15. The first-order valence-corrected chi connectivity index (χ1v) is 33.0. The molecule has 0 saturated carbocycles. The van der Waals surface area contributed by atoms with Crippen LogP contribution in [-0.4, -0.2) is 198 Å².